The molecule has 0 aromatic heterocycles. The Morgan fingerprint density at radius 3 is 0.933 bits per heavy atom. The third-order valence-corrected chi connectivity index (χ3v) is 13.6. The Morgan fingerprint density at radius 1 is 0.417 bits per heavy atom. The van der Waals surface area contributed by atoms with Crippen molar-refractivity contribution in [2.75, 3.05) is 0 Å². The van der Waals surface area contributed by atoms with Gasteiger partial charge in [-0.15, -0.1) is 23.8 Å². The van der Waals surface area contributed by atoms with Gasteiger partial charge in [0, 0.05) is 0 Å². The van der Waals surface area contributed by atoms with Gasteiger partial charge >= 0.3 is 38.3 Å². The van der Waals surface area contributed by atoms with E-state index in [-0.39, 0.29) is 0 Å². The van der Waals surface area contributed by atoms with Crippen LogP contribution in [-0.4, -0.2) is 0 Å². The summed E-state index contributed by atoms with van der Waals surface area (Å²) in [6, 6.07) is 81.1. The van der Waals surface area contributed by atoms with E-state index in [2.05, 4.69) is 266 Å². The Bertz CT molecular complexity index is 2150. The summed E-state index contributed by atoms with van der Waals surface area (Å²) in [7, 11) is 3.68. The molecule has 0 unspecified atom stereocenters. The van der Waals surface area contributed by atoms with Crippen LogP contribution < -0.4 is 31.8 Å². The fourth-order valence-corrected chi connectivity index (χ4v) is 10.5. The van der Waals surface area contributed by atoms with Gasteiger partial charge in [0.1, 0.15) is 0 Å². The molecule has 0 aliphatic carbocycles. The van der Waals surface area contributed by atoms with Crippen molar-refractivity contribution >= 4 is 63.4 Å². The molecule has 5 heteroatoms. The van der Waals surface area contributed by atoms with Gasteiger partial charge in [0.05, 0.1) is 0 Å². The van der Waals surface area contributed by atoms with Crippen molar-refractivity contribution in [3.8, 4) is 11.8 Å². The first-order valence-corrected chi connectivity index (χ1v) is 24.0. The first-order chi connectivity index (χ1) is 29.6. The van der Waals surface area contributed by atoms with Gasteiger partial charge in [-0.2, -0.15) is 6.08 Å². The maximum absolute atomic E-state index is 7.50. The van der Waals surface area contributed by atoms with Crippen molar-refractivity contribution in [1.29, 1.82) is 0 Å². The van der Waals surface area contributed by atoms with E-state index >= 15 is 0 Å². The van der Waals surface area contributed by atoms with Crippen molar-refractivity contribution in [2.24, 2.45) is 0 Å². The van der Waals surface area contributed by atoms with Crippen LogP contribution in [0.25, 0.3) is 6.08 Å². The molecule has 0 heterocycles. The number of halogens is 1. The SMILES string of the molecule is Cc1ccc(C#C[C-]=Cc2ccc(C)cc2)cc1.[C-]#[O+].[Cl][Ru+].c1ccc(P(c2ccccc2)c2ccccc2)cc1.c1ccc(P(c2ccccc2)c2ccccc2)cc1. The average Bonchev–Trinajstić information content (AvgIpc) is 3.33. The molecule has 0 fully saturated rings. The van der Waals surface area contributed by atoms with Crippen molar-refractivity contribution in [3.63, 3.8) is 0 Å². The summed E-state index contributed by atoms with van der Waals surface area (Å²) >= 11 is 1.82. The standard InChI is InChI=1S/2C18H15P.C18H15.CO.ClH.Ru/c2*1-4-10-16(11-5-1)19(17-12-6-2-7-13-17)18-14-8-3-9-15-18;1-15-7-11-17(12-8-15)5-3-4-6-18-13-9-16(2)10-14-18;1-2;;/h2*1-15H;5,7-14H,1-2H3;;1H;/q;;-1;;;+2/p-1. The Morgan fingerprint density at radius 2 is 0.667 bits per heavy atom. The molecule has 1 nitrogen and oxygen atoms in total. The van der Waals surface area contributed by atoms with Crippen LogP contribution in [0, 0.1) is 38.4 Å². The molecule has 0 amide bonds. The van der Waals surface area contributed by atoms with Crippen molar-refractivity contribution in [3.05, 3.63) is 266 Å². The van der Waals surface area contributed by atoms with Gasteiger partial charge in [-0.25, -0.2) is 11.8 Å². The predicted molar refractivity (Wildman–Crippen MR) is 257 cm³/mol. The van der Waals surface area contributed by atoms with Crippen molar-refractivity contribution in [2.45, 2.75) is 13.8 Å². The van der Waals surface area contributed by atoms with Crippen LogP contribution in [0.5, 0.6) is 0 Å². The number of benzene rings is 8. The zero-order valence-electron chi connectivity index (χ0n) is 33.6. The van der Waals surface area contributed by atoms with Gasteiger partial charge in [-0.05, 0) is 67.1 Å². The minimum absolute atomic E-state index is 0.446. The Hall–Kier alpha value is -5.43. The molecule has 296 valence electrons. The van der Waals surface area contributed by atoms with Crippen LogP contribution in [-0.2, 0) is 22.0 Å². The van der Waals surface area contributed by atoms with Crippen LogP contribution in [0.4, 0.5) is 0 Å². The van der Waals surface area contributed by atoms with Gasteiger partial charge in [0.15, 0.2) is 0 Å². The van der Waals surface area contributed by atoms with E-state index in [1.54, 1.807) is 0 Å². The first-order valence-electron chi connectivity index (χ1n) is 19.1. The third kappa shape index (κ3) is 16.0. The summed E-state index contributed by atoms with van der Waals surface area (Å²) in [5.41, 5.74) is 4.65. The molecule has 8 rings (SSSR count). The molecule has 0 spiro atoms. The number of rotatable bonds is 7. The second-order valence-corrected chi connectivity index (χ2v) is 17.4. The maximum atomic E-state index is 7.50. The molecule has 8 aromatic rings. The van der Waals surface area contributed by atoms with Crippen LogP contribution in [0.1, 0.15) is 22.3 Å². The monoisotopic (exact) mass is 920 g/mol. The minimum atomic E-state index is -0.446. The number of allylic oxidation sites excluding steroid dienone is 1. The predicted octanol–water partition coefficient (Wildman–Crippen LogP) is 11.7. The van der Waals surface area contributed by atoms with E-state index in [1.807, 2.05) is 35.5 Å². The molecule has 0 radical (unpaired) electrons. The average molecular weight is 920 g/mol. The van der Waals surface area contributed by atoms with Crippen LogP contribution in [0.15, 0.2) is 231 Å². The van der Waals surface area contributed by atoms with Gasteiger partial charge in [-0.1, -0.05) is 230 Å². The fourth-order valence-electron chi connectivity index (χ4n) is 5.88. The van der Waals surface area contributed by atoms with E-state index < -0.39 is 15.8 Å². The molecule has 0 aliphatic rings. The normalized spacial score (nSPS) is 9.87. The van der Waals surface area contributed by atoms with E-state index in [0.29, 0.717) is 0 Å². The molecule has 8 aromatic carbocycles. The second-order valence-electron chi connectivity index (χ2n) is 13.0. The topological polar surface area (TPSA) is 19.9 Å². The first kappa shape index (κ1) is 47.3. The summed E-state index contributed by atoms with van der Waals surface area (Å²) in [6.45, 7) is 8.65. The molecule has 0 saturated heterocycles. The zero-order valence-corrected chi connectivity index (χ0v) is 37.8. The minimum Gasteiger partial charge on any atom is -0.0622 e. The van der Waals surface area contributed by atoms with Crippen LogP contribution >= 0.6 is 25.5 Å². The summed E-state index contributed by atoms with van der Waals surface area (Å²) in [6.07, 6.45) is 4.90. The summed E-state index contributed by atoms with van der Waals surface area (Å²) in [4.78, 5) is 0. The number of aryl methyl sites for hydroxylation is 2. The maximum Gasteiger partial charge on any atom is -0.0134 e. The number of hydrogen-bond donors (Lipinski definition) is 0. The molecule has 0 N–H and O–H groups in total. The quantitative estimate of drug-likeness (QED) is 0.0499. The fraction of sp³-hybridized carbons (Fsp3) is 0.0364. The van der Waals surface area contributed by atoms with Gasteiger partial charge < -0.3 is 0 Å². The van der Waals surface area contributed by atoms with Gasteiger partial charge in [0.2, 0.25) is 0 Å². The van der Waals surface area contributed by atoms with Crippen molar-refractivity contribution in [1.82, 2.24) is 0 Å². The zero-order chi connectivity index (χ0) is 42.6. The van der Waals surface area contributed by atoms with Crippen LogP contribution in [0.3, 0.4) is 0 Å². The van der Waals surface area contributed by atoms with E-state index in [0.717, 1.165) is 11.1 Å². The summed E-state index contributed by atoms with van der Waals surface area (Å²) in [5, 5.41) is 8.39. The van der Waals surface area contributed by atoms with Gasteiger partial charge in [-0.3, -0.25) is 0 Å². The van der Waals surface area contributed by atoms with Crippen molar-refractivity contribution < 1.29 is 22.0 Å². The summed E-state index contributed by atoms with van der Waals surface area (Å²) in [5.74, 6) is 5.99. The molecular formula is C55H45ClOP2Ru. The summed E-state index contributed by atoms with van der Waals surface area (Å²) < 4.78 is 7.50. The smallest absolute Gasteiger partial charge is 0.0134 e. The van der Waals surface area contributed by atoms with Gasteiger partial charge in [0.25, 0.3) is 0 Å². The molecule has 60 heavy (non-hydrogen) atoms. The second kappa shape index (κ2) is 28.1. The molecule has 0 aliphatic heterocycles. The molecule has 0 saturated carbocycles. The molecule has 0 bridgehead atoms. The van der Waals surface area contributed by atoms with E-state index in [4.69, 9.17) is 4.65 Å². The Balaban J connectivity index is 0.000000190. The van der Waals surface area contributed by atoms with Crippen LogP contribution in [0.2, 0.25) is 0 Å². The third-order valence-electron chi connectivity index (χ3n) is 8.73. The number of hydrogen-bond acceptors (Lipinski definition) is 0. The molecule has 0 atom stereocenters. The van der Waals surface area contributed by atoms with E-state index in [9.17, 15) is 0 Å². The molecular weight excluding hydrogens is 875 g/mol. The van der Waals surface area contributed by atoms with E-state index in [1.165, 1.54) is 43.0 Å². The Labute approximate surface area is 374 Å². The Kier molecular flexibility index (Phi) is 22.1. The largest absolute Gasteiger partial charge is 0.0622 e.